The van der Waals surface area contributed by atoms with Gasteiger partial charge in [0.25, 0.3) is 0 Å². The van der Waals surface area contributed by atoms with Gasteiger partial charge >= 0.3 is 5.97 Å². The molecule has 0 unspecified atom stereocenters. The summed E-state index contributed by atoms with van der Waals surface area (Å²) in [6.45, 7) is 0. The number of halogens is 2. The lowest BCUT2D eigenvalue weighted by Crippen LogP contribution is -2.30. The van der Waals surface area contributed by atoms with Gasteiger partial charge in [-0.25, -0.2) is 36.8 Å². The Hall–Kier alpha value is -2.79. The van der Waals surface area contributed by atoms with E-state index in [0.29, 0.717) is 3.97 Å². The third-order valence-corrected chi connectivity index (χ3v) is 3.95. The maximum Gasteiger partial charge on any atom is 0.353 e. The van der Waals surface area contributed by atoms with Gasteiger partial charge in [-0.2, -0.15) is 0 Å². The van der Waals surface area contributed by atoms with Crippen molar-refractivity contribution in [3.63, 3.8) is 0 Å². The number of aromatic nitrogens is 1. The SMILES string of the molecule is CS(=O)(=O)n1cc(C(=Nc2cccc(F)c2F)NN)cc1C(=O)O. The summed E-state index contributed by atoms with van der Waals surface area (Å²) >= 11 is 0. The maximum atomic E-state index is 13.7. The molecule has 0 atom stereocenters. The second kappa shape index (κ2) is 6.37. The van der Waals surface area contributed by atoms with Crippen molar-refractivity contribution >= 4 is 27.5 Å². The highest BCUT2D eigenvalue weighted by Crippen LogP contribution is 2.21. The summed E-state index contributed by atoms with van der Waals surface area (Å²) in [5.74, 6) is 1.17. The third-order valence-electron chi connectivity index (χ3n) is 2.94. The van der Waals surface area contributed by atoms with Crippen molar-refractivity contribution in [1.82, 2.24) is 9.40 Å². The first-order chi connectivity index (χ1) is 11.1. The van der Waals surface area contributed by atoms with E-state index in [4.69, 9.17) is 10.9 Å². The van der Waals surface area contributed by atoms with Crippen LogP contribution < -0.4 is 11.3 Å². The average Bonchev–Trinajstić information content (AvgIpc) is 2.94. The number of carboxylic acid groups (broad SMARTS) is 1. The Labute approximate surface area is 135 Å². The Bertz CT molecular complexity index is 937. The molecule has 2 aromatic rings. The molecule has 0 aliphatic rings. The van der Waals surface area contributed by atoms with E-state index < -0.39 is 39.0 Å². The Balaban J connectivity index is 2.62. The van der Waals surface area contributed by atoms with E-state index in [9.17, 15) is 22.0 Å². The number of aromatic carboxylic acids is 1. The topological polar surface area (TPSA) is 127 Å². The molecule has 0 amide bonds. The lowest BCUT2D eigenvalue weighted by atomic mass is 10.2. The first-order valence-electron chi connectivity index (χ1n) is 6.31. The molecule has 128 valence electrons. The standard InChI is InChI=1S/C13H12F2N4O4S/c1-24(22,23)19-6-7(5-10(19)13(20)21)12(18-16)17-9-4-2-3-8(14)11(9)15/h2-6H,16H2,1H3,(H,17,18)(H,20,21). The van der Waals surface area contributed by atoms with Crippen LogP contribution >= 0.6 is 0 Å². The number of aliphatic imine (C=N–C) groups is 1. The van der Waals surface area contributed by atoms with Crippen molar-refractivity contribution in [2.24, 2.45) is 10.8 Å². The van der Waals surface area contributed by atoms with Gasteiger partial charge in [-0.15, -0.1) is 0 Å². The number of amidine groups is 1. The van der Waals surface area contributed by atoms with Crippen molar-refractivity contribution in [2.75, 3.05) is 6.26 Å². The van der Waals surface area contributed by atoms with Gasteiger partial charge in [0.15, 0.2) is 11.6 Å². The zero-order valence-corrected chi connectivity index (χ0v) is 13.0. The minimum absolute atomic E-state index is 0.0380. The molecule has 1 aromatic heterocycles. The van der Waals surface area contributed by atoms with E-state index in [1.165, 1.54) is 12.1 Å². The van der Waals surface area contributed by atoms with Gasteiger partial charge in [-0.1, -0.05) is 6.07 Å². The number of nitrogens with zero attached hydrogens (tertiary/aromatic N) is 2. The van der Waals surface area contributed by atoms with Gasteiger partial charge in [0.2, 0.25) is 10.0 Å². The van der Waals surface area contributed by atoms with Gasteiger partial charge in [-0.05, 0) is 18.2 Å². The number of hydrogen-bond donors (Lipinski definition) is 3. The van der Waals surface area contributed by atoms with E-state index in [-0.39, 0.29) is 11.4 Å². The van der Waals surface area contributed by atoms with Crippen molar-refractivity contribution in [2.45, 2.75) is 0 Å². The Morgan fingerprint density at radius 2 is 2.04 bits per heavy atom. The first-order valence-corrected chi connectivity index (χ1v) is 8.16. The number of hydrazine groups is 1. The molecule has 0 aliphatic heterocycles. The second-order valence-corrected chi connectivity index (χ2v) is 6.52. The van der Waals surface area contributed by atoms with Crippen LogP contribution in [0.15, 0.2) is 35.5 Å². The molecule has 2 rings (SSSR count). The fourth-order valence-corrected chi connectivity index (χ4v) is 2.68. The number of carboxylic acids is 1. The molecular formula is C13H12F2N4O4S. The zero-order chi connectivity index (χ0) is 18.1. The van der Waals surface area contributed by atoms with Gasteiger partial charge in [0, 0.05) is 11.8 Å². The molecule has 0 saturated carbocycles. The number of carbonyl (C=O) groups is 1. The summed E-state index contributed by atoms with van der Waals surface area (Å²) in [6, 6.07) is 4.27. The highest BCUT2D eigenvalue weighted by Gasteiger charge is 2.21. The van der Waals surface area contributed by atoms with Crippen LogP contribution in [0, 0.1) is 11.6 Å². The van der Waals surface area contributed by atoms with Crippen molar-refractivity contribution in [3.8, 4) is 0 Å². The molecule has 0 aliphatic carbocycles. The number of nitrogens with two attached hydrogens (primary N) is 1. The van der Waals surface area contributed by atoms with E-state index in [1.807, 2.05) is 0 Å². The maximum absolute atomic E-state index is 13.7. The molecule has 4 N–H and O–H groups in total. The van der Waals surface area contributed by atoms with Gasteiger partial charge in [0.1, 0.15) is 17.2 Å². The van der Waals surface area contributed by atoms with Crippen LogP contribution in [0.3, 0.4) is 0 Å². The van der Waals surface area contributed by atoms with Crippen LogP contribution in [0.5, 0.6) is 0 Å². The highest BCUT2D eigenvalue weighted by molar-refractivity contribution is 7.89. The average molecular weight is 358 g/mol. The summed E-state index contributed by atoms with van der Waals surface area (Å²) in [7, 11) is -3.91. The van der Waals surface area contributed by atoms with Crippen LogP contribution in [0.1, 0.15) is 16.1 Å². The fourth-order valence-electron chi connectivity index (χ4n) is 1.88. The normalized spacial score (nSPS) is 12.2. The monoisotopic (exact) mass is 358 g/mol. The number of benzene rings is 1. The van der Waals surface area contributed by atoms with Gasteiger partial charge < -0.3 is 10.5 Å². The predicted octanol–water partition coefficient (Wildman–Crippen LogP) is 0.814. The molecule has 24 heavy (non-hydrogen) atoms. The Morgan fingerprint density at radius 3 is 2.54 bits per heavy atom. The minimum Gasteiger partial charge on any atom is -0.477 e. The number of nitrogens with one attached hydrogen (secondary N) is 1. The summed E-state index contributed by atoms with van der Waals surface area (Å²) < 4.78 is 50.7. The third kappa shape index (κ3) is 3.41. The van der Waals surface area contributed by atoms with Crippen LogP contribution in [-0.4, -0.2) is 35.6 Å². The van der Waals surface area contributed by atoms with Crippen molar-refractivity contribution in [1.29, 1.82) is 0 Å². The molecule has 0 spiro atoms. The molecule has 1 aromatic carbocycles. The molecular weight excluding hydrogens is 346 g/mol. The van der Waals surface area contributed by atoms with E-state index in [1.54, 1.807) is 0 Å². The van der Waals surface area contributed by atoms with Crippen LogP contribution in [0.2, 0.25) is 0 Å². The predicted molar refractivity (Wildman–Crippen MR) is 81.5 cm³/mol. The van der Waals surface area contributed by atoms with E-state index >= 15 is 0 Å². The Morgan fingerprint density at radius 1 is 1.38 bits per heavy atom. The largest absolute Gasteiger partial charge is 0.477 e. The minimum atomic E-state index is -3.91. The summed E-state index contributed by atoms with van der Waals surface area (Å²) in [6.07, 6.45) is 1.76. The van der Waals surface area contributed by atoms with Gasteiger partial charge in [0.05, 0.1) is 6.26 Å². The summed E-state index contributed by atoms with van der Waals surface area (Å²) in [5, 5.41) is 9.08. The van der Waals surface area contributed by atoms with E-state index in [0.717, 1.165) is 24.6 Å². The second-order valence-electron chi connectivity index (χ2n) is 4.66. The quantitative estimate of drug-likeness (QED) is 0.321. The molecule has 0 radical (unpaired) electrons. The van der Waals surface area contributed by atoms with Crippen LogP contribution in [0.25, 0.3) is 0 Å². The highest BCUT2D eigenvalue weighted by atomic mass is 32.2. The lowest BCUT2D eigenvalue weighted by molar-refractivity contribution is 0.0689. The van der Waals surface area contributed by atoms with Crippen LogP contribution in [-0.2, 0) is 10.0 Å². The molecule has 0 fully saturated rings. The van der Waals surface area contributed by atoms with Crippen LogP contribution in [0.4, 0.5) is 14.5 Å². The lowest BCUT2D eigenvalue weighted by Gasteiger charge is -2.04. The van der Waals surface area contributed by atoms with E-state index in [2.05, 4.69) is 10.4 Å². The molecule has 11 heteroatoms. The molecule has 8 nitrogen and oxygen atoms in total. The first kappa shape index (κ1) is 17.6. The fraction of sp³-hybridized carbons (Fsp3) is 0.0769. The Kier molecular flexibility index (Phi) is 4.66. The smallest absolute Gasteiger partial charge is 0.353 e. The molecule has 1 heterocycles. The summed E-state index contributed by atoms with van der Waals surface area (Å²) in [5.41, 5.74) is 1.11. The molecule has 0 saturated heterocycles. The van der Waals surface area contributed by atoms with Crippen molar-refractivity contribution < 1.29 is 27.1 Å². The zero-order valence-electron chi connectivity index (χ0n) is 12.2. The number of hydrogen-bond acceptors (Lipinski definition) is 5. The number of rotatable bonds is 4. The molecule has 0 bridgehead atoms. The van der Waals surface area contributed by atoms with Gasteiger partial charge in [-0.3, -0.25) is 0 Å². The van der Waals surface area contributed by atoms with Crippen molar-refractivity contribution in [3.05, 3.63) is 53.4 Å². The summed E-state index contributed by atoms with van der Waals surface area (Å²) in [4.78, 5) is 14.9.